The van der Waals surface area contributed by atoms with E-state index < -0.39 is 0 Å². The van der Waals surface area contributed by atoms with E-state index in [9.17, 15) is 4.79 Å². The van der Waals surface area contributed by atoms with Gasteiger partial charge in [-0.2, -0.15) is 0 Å². The molecule has 0 bridgehead atoms. The fraction of sp³-hybridized carbons (Fsp3) is 0.233. The van der Waals surface area contributed by atoms with E-state index in [-0.39, 0.29) is 11.8 Å². The Balaban J connectivity index is 1.40. The predicted molar refractivity (Wildman–Crippen MR) is 139 cm³/mol. The molecule has 176 valence electrons. The Bertz CT molecular complexity index is 1230. The molecule has 1 aliphatic rings. The van der Waals surface area contributed by atoms with Gasteiger partial charge in [-0.1, -0.05) is 78.9 Å². The highest BCUT2D eigenvalue weighted by Crippen LogP contribution is 2.26. The van der Waals surface area contributed by atoms with Gasteiger partial charge in [-0.15, -0.1) is 0 Å². The van der Waals surface area contributed by atoms with Gasteiger partial charge in [-0.3, -0.25) is 19.7 Å². The summed E-state index contributed by atoms with van der Waals surface area (Å²) >= 11 is 0. The third-order valence-corrected chi connectivity index (χ3v) is 6.57. The molecule has 0 N–H and O–H groups in total. The molecule has 3 aromatic carbocycles. The average molecular weight is 463 g/mol. The molecule has 0 radical (unpaired) electrons. The minimum Gasteiger partial charge on any atom is -0.337 e. The molecular formula is C30H30N4O. The van der Waals surface area contributed by atoms with Gasteiger partial charge in [0.1, 0.15) is 0 Å². The summed E-state index contributed by atoms with van der Waals surface area (Å²) in [7, 11) is 0. The van der Waals surface area contributed by atoms with Crippen molar-refractivity contribution in [1.82, 2.24) is 19.8 Å². The van der Waals surface area contributed by atoms with Crippen molar-refractivity contribution in [3.63, 3.8) is 0 Å². The second-order valence-electron chi connectivity index (χ2n) is 9.15. The molecule has 0 spiro atoms. The fourth-order valence-electron chi connectivity index (χ4n) is 4.92. The highest BCUT2D eigenvalue weighted by atomic mass is 16.2. The molecule has 1 saturated heterocycles. The number of nitrogens with zero attached hydrogens (tertiary/aromatic N) is 4. The van der Waals surface area contributed by atoms with E-state index in [1.165, 1.54) is 5.56 Å². The quantitative estimate of drug-likeness (QED) is 0.406. The van der Waals surface area contributed by atoms with Crippen molar-refractivity contribution < 1.29 is 4.79 Å². The summed E-state index contributed by atoms with van der Waals surface area (Å²) in [5.41, 5.74) is 5.06. The normalized spacial score (nSPS) is 16.6. The fourth-order valence-corrected chi connectivity index (χ4v) is 4.92. The second kappa shape index (κ2) is 11.1. The van der Waals surface area contributed by atoms with Gasteiger partial charge in [-0.25, -0.2) is 0 Å². The van der Waals surface area contributed by atoms with Crippen LogP contribution in [0.1, 0.15) is 21.6 Å². The van der Waals surface area contributed by atoms with Gasteiger partial charge in [0.05, 0.1) is 5.69 Å². The Morgan fingerprint density at radius 3 is 2.34 bits per heavy atom. The topological polar surface area (TPSA) is 49.3 Å². The summed E-state index contributed by atoms with van der Waals surface area (Å²) in [6.07, 6.45) is 6.08. The van der Waals surface area contributed by atoms with E-state index in [0.29, 0.717) is 13.1 Å². The Kier molecular flexibility index (Phi) is 7.25. The molecular weight excluding hydrogens is 432 g/mol. The largest absolute Gasteiger partial charge is 0.337 e. The lowest BCUT2D eigenvalue weighted by Gasteiger charge is -2.25. The van der Waals surface area contributed by atoms with Crippen LogP contribution in [-0.4, -0.2) is 51.9 Å². The van der Waals surface area contributed by atoms with Crippen LogP contribution < -0.4 is 0 Å². The minimum absolute atomic E-state index is 0.0927. The molecule has 5 rings (SSSR count). The third-order valence-electron chi connectivity index (χ3n) is 6.57. The van der Waals surface area contributed by atoms with Crippen LogP contribution in [0.15, 0.2) is 104 Å². The van der Waals surface area contributed by atoms with Gasteiger partial charge < -0.3 is 4.90 Å². The Morgan fingerprint density at radius 1 is 0.829 bits per heavy atom. The van der Waals surface area contributed by atoms with Gasteiger partial charge in [0, 0.05) is 56.9 Å². The zero-order valence-corrected chi connectivity index (χ0v) is 19.8. The lowest BCUT2D eigenvalue weighted by Crippen LogP contribution is -2.36. The van der Waals surface area contributed by atoms with Crippen LogP contribution >= 0.6 is 0 Å². The van der Waals surface area contributed by atoms with E-state index in [1.54, 1.807) is 12.4 Å². The molecule has 4 aromatic rings. The molecule has 1 amide bonds. The van der Waals surface area contributed by atoms with Gasteiger partial charge in [0.15, 0.2) is 0 Å². The maximum Gasteiger partial charge on any atom is 0.254 e. The zero-order valence-electron chi connectivity index (χ0n) is 19.8. The highest BCUT2D eigenvalue weighted by Gasteiger charge is 2.28. The summed E-state index contributed by atoms with van der Waals surface area (Å²) in [6.45, 7) is 4.02. The van der Waals surface area contributed by atoms with Crippen LogP contribution in [0, 0.1) is 5.92 Å². The highest BCUT2D eigenvalue weighted by molar-refractivity contribution is 6.00. The van der Waals surface area contributed by atoms with Crippen LogP contribution in [0.3, 0.4) is 0 Å². The van der Waals surface area contributed by atoms with Gasteiger partial charge >= 0.3 is 0 Å². The van der Waals surface area contributed by atoms with Crippen molar-refractivity contribution in [3.05, 3.63) is 120 Å². The van der Waals surface area contributed by atoms with Crippen LogP contribution in [0.25, 0.3) is 11.1 Å². The molecule has 1 aromatic heterocycles. The molecule has 2 heterocycles. The van der Waals surface area contributed by atoms with Gasteiger partial charge in [0.25, 0.3) is 5.91 Å². The first-order valence-electron chi connectivity index (χ1n) is 12.2. The summed E-state index contributed by atoms with van der Waals surface area (Å²) < 4.78 is 0. The first kappa shape index (κ1) is 22.9. The van der Waals surface area contributed by atoms with E-state index in [4.69, 9.17) is 0 Å². The van der Waals surface area contributed by atoms with E-state index in [1.807, 2.05) is 59.6 Å². The summed E-state index contributed by atoms with van der Waals surface area (Å²) in [5.74, 6) is 0.362. The maximum atomic E-state index is 13.9. The average Bonchev–Trinajstić information content (AvgIpc) is 3.12. The number of benzene rings is 3. The summed E-state index contributed by atoms with van der Waals surface area (Å²) in [5, 5.41) is 0. The van der Waals surface area contributed by atoms with Crippen molar-refractivity contribution in [1.29, 1.82) is 0 Å². The molecule has 35 heavy (non-hydrogen) atoms. The van der Waals surface area contributed by atoms with Crippen molar-refractivity contribution in [2.24, 2.45) is 5.92 Å². The standard InChI is InChI=1S/C30H30N4O/c35-30(29-14-8-7-13-28(29)26-11-5-2-6-12-26)34-18-17-33(21-24-9-3-1-4-10-24)22-25(23-34)19-27-20-31-15-16-32-27/h1-16,20,25H,17-19,21-23H2/t25-/m0/s1. The number of hydrogen-bond donors (Lipinski definition) is 0. The number of carbonyl (C=O) groups is 1. The molecule has 0 aliphatic carbocycles. The SMILES string of the molecule is O=C(c1ccccc1-c1ccccc1)N1CCN(Cc2ccccc2)C[C@H](Cc2cnccn2)C1. The lowest BCUT2D eigenvalue weighted by molar-refractivity contribution is 0.0746. The van der Waals surface area contributed by atoms with E-state index in [0.717, 1.165) is 48.4 Å². The Labute approximate surface area is 207 Å². The van der Waals surface area contributed by atoms with Crippen LogP contribution in [0.4, 0.5) is 0 Å². The molecule has 0 saturated carbocycles. The molecule has 5 heteroatoms. The van der Waals surface area contributed by atoms with Crippen molar-refractivity contribution >= 4 is 5.91 Å². The van der Waals surface area contributed by atoms with E-state index in [2.05, 4.69) is 51.3 Å². The molecule has 1 aliphatic heterocycles. The summed E-state index contributed by atoms with van der Waals surface area (Å²) in [4.78, 5) is 27.2. The van der Waals surface area contributed by atoms with E-state index >= 15 is 0 Å². The zero-order chi connectivity index (χ0) is 23.9. The molecule has 5 nitrogen and oxygen atoms in total. The predicted octanol–water partition coefficient (Wildman–Crippen LogP) is 4.96. The molecule has 1 fully saturated rings. The van der Waals surface area contributed by atoms with Crippen LogP contribution in [-0.2, 0) is 13.0 Å². The van der Waals surface area contributed by atoms with Crippen molar-refractivity contribution in [3.8, 4) is 11.1 Å². The van der Waals surface area contributed by atoms with Gasteiger partial charge in [0.2, 0.25) is 0 Å². The molecule has 0 unspecified atom stereocenters. The maximum absolute atomic E-state index is 13.9. The van der Waals surface area contributed by atoms with Crippen molar-refractivity contribution in [2.75, 3.05) is 26.2 Å². The smallest absolute Gasteiger partial charge is 0.254 e. The Morgan fingerprint density at radius 2 is 1.57 bits per heavy atom. The third kappa shape index (κ3) is 5.81. The number of hydrogen-bond acceptors (Lipinski definition) is 4. The van der Waals surface area contributed by atoms with Crippen molar-refractivity contribution in [2.45, 2.75) is 13.0 Å². The van der Waals surface area contributed by atoms with Crippen LogP contribution in [0.5, 0.6) is 0 Å². The minimum atomic E-state index is 0.0927. The molecule has 1 atom stereocenters. The monoisotopic (exact) mass is 462 g/mol. The first-order valence-corrected chi connectivity index (χ1v) is 12.2. The number of carbonyl (C=O) groups excluding carboxylic acids is 1. The second-order valence-corrected chi connectivity index (χ2v) is 9.15. The number of aromatic nitrogens is 2. The summed E-state index contributed by atoms with van der Waals surface area (Å²) in [6, 6.07) is 28.7. The first-order chi connectivity index (χ1) is 17.3. The number of rotatable bonds is 6. The van der Waals surface area contributed by atoms with Crippen LogP contribution in [0.2, 0.25) is 0 Å². The number of amides is 1. The van der Waals surface area contributed by atoms with Gasteiger partial charge in [-0.05, 0) is 35.1 Å². The Hall–Kier alpha value is -3.83. The lowest BCUT2D eigenvalue weighted by atomic mass is 9.98.